The van der Waals surface area contributed by atoms with Crippen molar-refractivity contribution in [1.82, 2.24) is 9.78 Å². The van der Waals surface area contributed by atoms with E-state index in [1.54, 1.807) is 29.9 Å². The molecule has 0 aliphatic carbocycles. The van der Waals surface area contributed by atoms with Gasteiger partial charge in [-0.05, 0) is 24.6 Å². The van der Waals surface area contributed by atoms with Crippen LogP contribution in [0.2, 0.25) is 0 Å². The first kappa shape index (κ1) is 12.2. The summed E-state index contributed by atoms with van der Waals surface area (Å²) < 4.78 is 1.58. The highest BCUT2D eigenvalue weighted by atomic mass is 16.2. The highest BCUT2D eigenvalue weighted by molar-refractivity contribution is 6.04. The lowest BCUT2D eigenvalue weighted by molar-refractivity contribution is 0.101. The maximum atomic E-state index is 12.1. The van der Waals surface area contributed by atoms with Crippen LogP contribution in [0.1, 0.15) is 23.1 Å². The van der Waals surface area contributed by atoms with Crippen molar-refractivity contribution in [1.29, 1.82) is 0 Å². The van der Waals surface area contributed by atoms with E-state index in [0.29, 0.717) is 17.1 Å². The van der Waals surface area contributed by atoms with Gasteiger partial charge in [-0.1, -0.05) is 19.1 Å². The minimum absolute atomic E-state index is 0.206. The molecule has 1 heterocycles. The minimum Gasteiger partial charge on any atom is -0.397 e. The second-order valence-corrected chi connectivity index (χ2v) is 4.04. The average molecular weight is 244 g/mol. The van der Waals surface area contributed by atoms with Gasteiger partial charge in [-0.15, -0.1) is 0 Å². The lowest BCUT2D eigenvalue weighted by atomic mass is 10.2. The zero-order valence-electron chi connectivity index (χ0n) is 10.5. The standard InChI is InChI=1S/C13H16N4O/c1-3-9-8-12(17(2)16-9)13(18)15-11-7-5-4-6-10(11)14/h4-8H,3,14H2,1-2H3,(H,15,18). The molecule has 0 unspecified atom stereocenters. The maximum Gasteiger partial charge on any atom is 0.273 e. The number of benzene rings is 1. The summed E-state index contributed by atoms with van der Waals surface area (Å²) in [5.74, 6) is -0.206. The molecule has 94 valence electrons. The van der Waals surface area contributed by atoms with Crippen molar-refractivity contribution < 1.29 is 4.79 Å². The third kappa shape index (κ3) is 2.34. The number of nitrogens with one attached hydrogen (secondary N) is 1. The summed E-state index contributed by atoms with van der Waals surface area (Å²) in [6.07, 6.45) is 0.800. The summed E-state index contributed by atoms with van der Waals surface area (Å²) in [6, 6.07) is 8.95. The second-order valence-electron chi connectivity index (χ2n) is 4.04. The smallest absolute Gasteiger partial charge is 0.273 e. The molecule has 0 aliphatic rings. The predicted octanol–water partition coefficient (Wildman–Crippen LogP) is 1.82. The number of carbonyl (C=O) groups is 1. The van der Waals surface area contributed by atoms with E-state index in [9.17, 15) is 4.79 Å². The van der Waals surface area contributed by atoms with Gasteiger partial charge in [-0.3, -0.25) is 9.48 Å². The van der Waals surface area contributed by atoms with Crippen molar-refractivity contribution >= 4 is 17.3 Å². The van der Waals surface area contributed by atoms with Crippen LogP contribution in [0.4, 0.5) is 11.4 Å². The van der Waals surface area contributed by atoms with Gasteiger partial charge in [0.2, 0.25) is 0 Å². The highest BCUT2D eigenvalue weighted by Gasteiger charge is 2.13. The number of hydrogen-bond donors (Lipinski definition) is 2. The van der Waals surface area contributed by atoms with Gasteiger partial charge in [0.25, 0.3) is 5.91 Å². The van der Waals surface area contributed by atoms with E-state index in [1.165, 1.54) is 0 Å². The van der Waals surface area contributed by atoms with Gasteiger partial charge >= 0.3 is 0 Å². The van der Waals surface area contributed by atoms with Crippen LogP contribution in [-0.4, -0.2) is 15.7 Å². The van der Waals surface area contributed by atoms with Crippen LogP contribution in [0.5, 0.6) is 0 Å². The molecule has 2 rings (SSSR count). The largest absolute Gasteiger partial charge is 0.397 e. The first-order valence-corrected chi connectivity index (χ1v) is 5.80. The van der Waals surface area contributed by atoms with Crippen molar-refractivity contribution in [2.24, 2.45) is 7.05 Å². The van der Waals surface area contributed by atoms with Crippen LogP contribution in [0, 0.1) is 0 Å². The summed E-state index contributed by atoms with van der Waals surface area (Å²) >= 11 is 0. The monoisotopic (exact) mass is 244 g/mol. The van der Waals surface area contributed by atoms with Crippen molar-refractivity contribution in [2.45, 2.75) is 13.3 Å². The van der Waals surface area contributed by atoms with Crippen molar-refractivity contribution in [2.75, 3.05) is 11.1 Å². The van der Waals surface area contributed by atoms with Gasteiger partial charge in [-0.25, -0.2) is 0 Å². The molecule has 1 amide bonds. The molecular weight excluding hydrogens is 228 g/mol. The van der Waals surface area contributed by atoms with Gasteiger partial charge in [0.15, 0.2) is 0 Å². The normalized spacial score (nSPS) is 10.3. The van der Waals surface area contributed by atoms with Crippen molar-refractivity contribution in [3.63, 3.8) is 0 Å². The zero-order chi connectivity index (χ0) is 13.1. The number of nitrogens with zero attached hydrogens (tertiary/aromatic N) is 2. The second kappa shape index (κ2) is 4.91. The van der Waals surface area contributed by atoms with Crippen LogP contribution in [0.15, 0.2) is 30.3 Å². The van der Waals surface area contributed by atoms with Crippen molar-refractivity contribution in [3.8, 4) is 0 Å². The number of amides is 1. The number of aromatic nitrogens is 2. The summed E-state index contributed by atoms with van der Waals surface area (Å²) in [5.41, 5.74) is 8.35. The molecule has 0 atom stereocenters. The number of nitrogens with two attached hydrogens (primary N) is 1. The summed E-state index contributed by atoms with van der Waals surface area (Å²) in [5, 5.41) is 7.02. The van der Waals surface area contributed by atoms with Gasteiger partial charge in [0, 0.05) is 7.05 Å². The Morgan fingerprint density at radius 1 is 1.44 bits per heavy atom. The highest BCUT2D eigenvalue weighted by Crippen LogP contribution is 2.17. The van der Waals surface area contributed by atoms with Gasteiger partial charge in [0.05, 0.1) is 17.1 Å². The van der Waals surface area contributed by atoms with E-state index >= 15 is 0 Å². The molecule has 1 aromatic carbocycles. The van der Waals surface area contributed by atoms with Crippen LogP contribution in [0.3, 0.4) is 0 Å². The number of rotatable bonds is 3. The van der Waals surface area contributed by atoms with E-state index in [2.05, 4.69) is 10.4 Å². The fourth-order valence-electron chi connectivity index (χ4n) is 1.71. The Morgan fingerprint density at radius 3 is 2.78 bits per heavy atom. The predicted molar refractivity (Wildman–Crippen MR) is 71.4 cm³/mol. The Hall–Kier alpha value is -2.30. The van der Waals surface area contributed by atoms with Gasteiger partial charge in [0.1, 0.15) is 5.69 Å². The molecule has 0 saturated heterocycles. The van der Waals surface area contributed by atoms with Gasteiger partial charge in [-0.2, -0.15) is 5.10 Å². The fraction of sp³-hybridized carbons (Fsp3) is 0.231. The van der Waals surface area contributed by atoms with Crippen LogP contribution >= 0.6 is 0 Å². The van der Waals surface area contributed by atoms with Crippen LogP contribution in [-0.2, 0) is 13.5 Å². The molecule has 0 spiro atoms. The molecule has 5 heteroatoms. The third-order valence-electron chi connectivity index (χ3n) is 2.73. The summed E-state index contributed by atoms with van der Waals surface area (Å²) in [6.45, 7) is 2.00. The Morgan fingerprint density at radius 2 is 2.17 bits per heavy atom. The quantitative estimate of drug-likeness (QED) is 0.809. The Kier molecular flexibility index (Phi) is 3.32. The van der Waals surface area contributed by atoms with Crippen LogP contribution < -0.4 is 11.1 Å². The number of anilines is 2. The Balaban J connectivity index is 2.22. The molecule has 0 bridgehead atoms. The Bertz CT molecular complexity index is 574. The van der Waals surface area contributed by atoms with E-state index in [-0.39, 0.29) is 5.91 Å². The lowest BCUT2D eigenvalue weighted by Crippen LogP contribution is -2.16. The molecule has 0 fully saturated rings. The fourth-order valence-corrected chi connectivity index (χ4v) is 1.71. The first-order chi connectivity index (χ1) is 8.61. The first-order valence-electron chi connectivity index (χ1n) is 5.80. The van der Waals surface area contributed by atoms with E-state index < -0.39 is 0 Å². The molecule has 18 heavy (non-hydrogen) atoms. The summed E-state index contributed by atoms with van der Waals surface area (Å²) in [7, 11) is 1.75. The van der Waals surface area contributed by atoms with E-state index in [4.69, 9.17) is 5.73 Å². The number of para-hydroxylation sites is 2. The van der Waals surface area contributed by atoms with Crippen molar-refractivity contribution in [3.05, 3.63) is 41.7 Å². The molecule has 2 aromatic rings. The van der Waals surface area contributed by atoms with E-state index in [0.717, 1.165) is 12.1 Å². The topological polar surface area (TPSA) is 72.9 Å². The molecule has 5 nitrogen and oxygen atoms in total. The number of carbonyl (C=O) groups excluding carboxylic acids is 1. The zero-order valence-corrected chi connectivity index (χ0v) is 10.5. The average Bonchev–Trinajstić information content (AvgIpc) is 2.73. The van der Waals surface area contributed by atoms with Crippen LogP contribution in [0.25, 0.3) is 0 Å². The molecule has 1 aromatic heterocycles. The van der Waals surface area contributed by atoms with E-state index in [1.807, 2.05) is 19.1 Å². The molecule has 0 saturated carbocycles. The Labute approximate surface area is 106 Å². The molecule has 3 N–H and O–H groups in total. The number of nitrogen functional groups attached to an aromatic ring is 1. The molecule has 0 aliphatic heterocycles. The maximum absolute atomic E-state index is 12.1. The van der Waals surface area contributed by atoms with Gasteiger partial charge < -0.3 is 11.1 Å². The SMILES string of the molecule is CCc1cc(C(=O)Nc2ccccc2N)n(C)n1. The number of aryl methyl sites for hydroxylation is 2. The lowest BCUT2D eigenvalue weighted by Gasteiger charge is -2.07. The number of hydrogen-bond acceptors (Lipinski definition) is 3. The third-order valence-corrected chi connectivity index (χ3v) is 2.73. The molecular formula is C13H16N4O. The molecule has 0 radical (unpaired) electrons. The summed E-state index contributed by atoms with van der Waals surface area (Å²) in [4.78, 5) is 12.1. The minimum atomic E-state index is -0.206.